The minimum atomic E-state index is -0.707. The van der Waals surface area contributed by atoms with Crippen LogP contribution in [0, 0.1) is 25.7 Å². The number of phenolic OH excluding ortho intramolecular Hbond substituents is 2. The van der Waals surface area contributed by atoms with E-state index in [2.05, 4.69) is 31.2 Å². The second-order valence-corrected chi connectivity index (χ2v) is 12.3. The number of allylic oxidation sites excluding steroid dienone is 4. The fourth-order valence-corrected chi connectivity index (χ4v) is 6.44. The molecule has 246 valence electrons. The average molecular weight is 651 g/mol. The Balaban J connectivity index is 1.64. The van der Waals surface area contributed by atoms with E-state index in [0.717, 1.165) is 0 Å². The molecule has 2 aromatic heterocycles. The molecular formula is C34H34N8O6. The summed E-state index contributed by atoms with van der Waals surface area (Å²) in [6, 6.07) is 3.52. The maximum Gasteiger partial charge on any atom is 0.229 e. The molecule has 14 nitrogen and oxygen atoms in total. The van der Waals surface area contributed by atoms with Crippen LogP contribution >= 0.6 is 0 Å². The lowest BCUT2D eigenvalue weighted by molar-refractivity contribution is -0.113. The number of aryl methyl sites for hydroxylation is 2. The SMILES string of the molecule is Cc1cc2c(c(O)c1-c1c(C)cc3c(c1O)C(=CNn1cnnc1)C(=O)C(O)=C3C(C)C)C(=CNn1cnnc1)C(=O)C(O)=C2C(C)C. The van der Waals surface area contributed by atoms with Gasteiger partial charge < -0.3 is 20.4 Å². The zero-order chi connectivity index (χ0) is 34.6. The van der Waals surface area contributed by atoms with Crippen LogP contribution in [0.15, 0.2) is 61.4 Å². The molecule has 0 fully saturated rings. The molecule has 0 amide bonds. The summed E-state index contributed by atoms with van der Waals surface area (Å²) >= 11 is 0. The third kappa shape index (κ3) is 4.98. The molecule has 2 aliphatic rings. The predicted octanol–water partition coefficient (Wildman–Crippen LogP) is 4.75. The summed E-state index contributed by atoms with van der Waals surface area (Å²) in [5, 5.41) is 61.4. The number of carbonyl (C=O) groups is 2. The Morgan fingerprint density at radius 2 is 0.938 bits per heavy atom. The normalized spacial score (nSPS) is 16.4. The first-order chi connectivity index (χ1) is 22.8. The Hall–Kier alpha value is -6.18. The molecule has 0 spiro atoms. The molecule has 6 N–H and O–H groups in total. The van der Waals surface area contributed by atoms with Crippen molar-refractivity contribution in [2.24, 2.45) is 11.8 Å². The number of rotatable bonds is 7. The first kappa shape index (κ1) is 31.8. The number of nitrogens with one attached hydrogen (secondary N) is 2. The van der Waals surface area contributed by atoms with Crippen molar-refractivity contribution in [2.45, 2.75) is 41.5 Å². The van der Waals surface area contributed by atoms with E-state index >= 15 is 0 Å². The van der Waals surface area contributed by atoms with Crippen LogP contribution in [0.5, 0.6) is 11.5 Å². The van der Waals surface area contributed by atoms with E-state index in [1.54, 1.807) is 26.0 Å². The number of aromatic hydroxyl groups is 2. The quantitative estimate of drug-likeness (QED) is 0.150. The number of aliphatic hydroxyl groups excluding tert-OH is 2. The zero-order valence-corrected chi connectivity index (χ0v) is 27.1. The molecule has 2 aromatic carbocycles. The summed E-state index contributed by atoms with van der Waals surface area (Å²) in [7, 11) is 0. The van der Waals surface area contributed by atoms with Crippen molar-refractivity contribution >= 4 is 33.9 Å². The third-order valence-electron chi connectivity index (χ3n) is 8.50. The van der Waals surface area contributed by atoms with E-state index in [4.69, 9.17) is 0 Å². The summed E-state index contributed by atoms with van der Waals surface area (Å²) in [6.45, 7) is 10.8. The van der Waals surface area contributed by atoms with Gasteiger partial charge in [-0.15, -0.1) is 20.4 Å². The van der Waals surface area contributed by atoms with Gasteiger partial charge in [0.15, 0.2) is 11.5 Å². The number of aromatic nitrogens is 6. The van der Waals surface area contributed by atoms with Crippen LogP contribution in [-0.4, -0.2) is 61.7 Å². The molecule has 0 saturated heterocycles. The van der Waals surface area contributed by atoms with Gasteiger partial charge in [0.25, 0.3) is 0 Å². The fraction of sp³-hybridized carbons (Fsp3) is 0.235. The molecule has 0 aliphatic heterocycles. The molecule has 0 bridgehead atoms. The van der Waals surface area contributed by atoms with Crippen molar-refractivity contribution in [2.75, 3.05) is 10.9 Å². The molecule has 2 heterocycles. The van der Waals surface area contributed by atoms with Crippen LogP contribution in [0.3, 0.4) is 0 Å². The molecule has 0 saturated carbocycles. The average Bonchev–Trinajstić information content (AvgIpc) is 3.74. The highest BCUT2D eigenvalue weighted by Gasteiger charge is 2.38. The number of Topliss-reactive ketones (excluding diaryl/α,β-unsaturated/α-hetero) is 2. The molecule has 0 unspecified atom stereocenters. The number of nitrogens with zero attached hydrogens (tertiary/aromatic N) is 6. The second-order valence-electron chi connectivity index (χ2n) is 12.3. The van der Waals surface area contributed by atoms with E-state index in [-0.39, 0.29) is 56.7 Å². The highest BCUT2D eigenvalue weighted by molar-refractivity contribution is 6.35. The van der Waals surface area contributed by atoms with Crippen LogP contribution in [0.2, 0.25) is 0 Å². The molecule has 4 aromatic rings. The zero-order valence-electron chi connectivity index (χ0n) is 27.1. The first-order valence-electron chi connectivity index (χ1n) is 15.2. The first-order valence-corrected chi connectivity index (χ1v) is 15.2. The molecule has 2 aliphatic carbocycles. The highest BCUT2D eigenvalue weighted by atomic mass is 16.3. The third-order valence-corrected chi connectivity index (χ3v) is 8.50. The van der Waals surface area contributed by atoms with Crippen LogP contribution in [0.4, 0.5) is 0 Å². The molecular weight excluding hydrogens is 616 g/mol. The number of benzene rings is 2. The monoisotopic (exact) mass is 650 g/mol. The van der Waals surface area contributed by atoms with E-state index in [9.17, 15) is 30.0 Å². The Bertz CT molecular complexity index is 1970. The van der Waals surface area contributed by atoms with Gasteiger partial charge in [0.1, 0.15) is 36.8 Å². The van der Waals surface area contributed by atoms with Crippen molar-refractivity contribution in [1.82, 2.24) is 29.7 Å². The topological polar surface area (TPSA) is 201 Å². The van der Waals surface area contributed by atoms with Crippen molar-refractivity contribution in [3.63, 3.8) is 0 Å². The molecule has 0 atom stereocenters. The van der Waals surface area contributed by atoms with Gasteiger partial charge in [-0.3, -0.25) is 20.4 Å². The van der Waals surface area contributed by atoms with Gasteiger partial charge in [-0.2, -0.15) is 0 Å². The predicted molar refractivity (Wildman–Crippen MR) is 178 cm³/mol. The number of ketones is 2. The Labute approximate surface area is 275 Å². The smallest absolute Gasteiger partial charge is 0.229 e. The highest BCUT2D eigenvalue weighted by Crippen LogP contribution is 2.53. The van der Waals surface area contributed by atoms with Crippen molar-refractivity contribution in [3.05, 3.63) is 94.7 Å². The van der Waals surface area contributed by atoms with Gasteiger partial charge in [0.05, 0.1) is 11.1 Å². The lowest BCUT2D eigenvalue weighted by Gasteiger charge is -2.29. The van der Waals surface area contributed by atoms with Crippen LogP contribution in [-0.2, 0) is 9.59 Å². The molecule has 14 heteroatoms. The van der Waals surface area contributed by atoms with E-state index in [1.165, 1.54) is 47.1 Å². The van der Waals surface area contributed by atoms with Gasteiger partial charge in [-0.25, -0.2) is 9.35 Å². The molecule has 48 heavy (non-hydrogen) atoms. The van der Waals surface area contributed by atoms with E-state index < -0.39 is 23.1 Å². The van der Waals surface area contributed by atoms with Gasteiger partial charge in [0.2, 0.25) is 11.6 Å². The number of hydrogen-bond donors (Lipinski definition) is 6. The summed E-state index contributed by atoms with van der Waals surface area (Å²) in [4.78, 5) is 27.3. The Morgan fingerprint density at radius 1 is 0.604 bits per heavy atom. The Kier molecular flexibility index (Phi) is 7.87. The van der Waals surface area contributed by atoms with Crippen LogP contribution < -0.4 is 10.9 Å². The summed E-state index contributed by atoms with van der Waals surface area (Å²) in [5.41, 5.74) is 9.16. The maximum absolute atomic E-state index is 13.6. The summed E-state index contributed by atoms with van der Waals surface area (Å²) in [5.74, 6) is -3.47. The van der Waals surface area contributed by atoms with Gasteiger partial charge in [-0.05, 0) is 47.9 Å². The number of phenols is 2. The van der Waals surface area contributed by atoms with E-state index in [1.807, 2.05) is 27.7 Å². The van der Waals surface area contributed by atoms with Gasteiger partial charge >= 0.3 is 0 Å². The standard InChI is InChI=1S/C34H34N8O6/c1-15(2)23-19-7-17(5)25(31(45)27(19)21(29(43)33(23)47)9-39-41-11-35-36-12-41)26-18(6)8-20-24(16(3)4)34(48)30(44)22(28(20)32(26)46)10-40-42-13-37-38-14-42/h7-16,39-40,45-48H,1-6H3. The lowest BCUT2D eigenvalue weighted by atomic mass is 9.75. The number of aliphatic hydroxyl groups is 2. The largest absolute Gasteiger partial charge is 0.507 e. The van der Waals surface area contributed by atoms with Gasteiger partial charge in [-0.1, -0.05) is 39.8 Å². The fourth-order valence-electron chi connectivity index (χ4n) is 6.44. The second kappa shape index (κ2) is 11.9. The van der Waals surface area contributed by atoms with Crippen molar-refractivity contribution in [3.8, 4) is 22.6 Å². The number of fused-ring (bicyclic) bond motifs is 2. The summed E-state index contributed by atoms with van der Waals surface area (Å²) in [6.07, 6.45) is 8.18. The van der Waals surface area contributed by atoms with Crippen molar-refractivity contribution < 1.29 is 30.0 Å². The number of carbonyl (C=O) groups excluding carboxylic acids is 2. The summed E-state index contributed by atoms with van der Waals surface area (Å²) < 4.78 is 2.77. The van der Waals surface area contributed by atoms with Gasteiger partial charge in [0, 0.05) is 45.8 Å². The van der Waals surface area contributed by atoms with Crippen LogP contribution in [0.25, 0.3) is 33.4 Å². The Morgan fingerprint density at radius 3 is 1.25 bits per heavy atom. The van der Waals surface area contributed by atoms with Crippen LogP contribution in [0.1, 0.15) is 61.1 Å². The van der Waals surface area contributed by atoms with Crippen molar-refractivity contribution in [1.29, 1.82) is 0 Å². The molecule has 6 rings (SSSR count). The maximum atomic E-state index is 13.6. The minimum absolute atomic E-state index is 0.0293. The minimum Gasteiger partial charge on any atom is -0.507 e. The van der Waals surface area contributed by atoms with E-state index in [0.29, 0.717) is 33.4 Å². The molecule has 0 radical (unpaired) electrons. The number of hydrogen-bond acceptors (Lipinski definition) is 12. The lowest BCUT2D eigenvalue weighted by Crippen LogP contribution is -2.21.